The Morgan fingerprint density at radius 3 is 2.55 bits per heavy atom. The summed E-state index contributed by atoms with van der Waals surface area (Å²) < 4.78 is 0. The van der Waals surface area contributed by atoms with Gasteiger partial charge in [0.2, 0.25) is 5.91 Å². The van der Waals surface area contributed by atoms with Crippen LogP contribution in [-0.4, -0.2) is 23.6 Å². The minimum atomic E-state index is -0.177. The van der Waals surface area contributed by atoms with Crippen LogP contribution >= 0.6 is 11.8 Å². The number of hydrogen-bond donors (Lipinski definition) is 2. The molecule has 5 nitrogen and oxygen atoms in total. The molecule has 0 radical (unpaired) electrons. The van der Waals surface area contributed by atoms with Crippen molar-refractivity contribution in [3.63, 3.8) is 0 Å². The van der Waals surface area contributed by atoms with E-state index in [1.54, 1.807) is 24.3 Å². The van der Waals surface area contributed by atoms with Gasteiger partial charge in [0.05, 0.1) is 22.9 Å². The van der Waals surface area contributed by atoms with Crippen LogP contribution in [-0.2, 0) is 4.79 Å². The lowest BCUT2D eigenvalue weighted by molar-refractivity contribution is -0.113. The molecule has 1 saturated carbocycles. The van der Waals surface area contributed by atoms with Gasteiger partial charge < -0.3 is 10.6 Å². The second kappa shape index (κ2) is 10.7. The summed E-state index contributed by atoms with van der Waals surface area (Å²) in [5.74, 6) is -0.0592. The third kappa shape index (κ3) is 6.37. The molecule has 3 rings (SSSR count). The number of benzene rings is 2. The molecular weight excluding hydrogens is 382 g/mol. The maximum Gasteiger partial charge on any atom is 0.252 e. The zero-order valence-electron chi connectivity index (χ0n) is 16.3. The highest BCUT2D eigenvalue weighted by Gasteiger charge is 2.18. The number of nitrogens with one attached hydrogen (secondary N) is 2. The molecule has 29 heavy (non-hydrogen) atoms. The van der Waals surface area contributed by atoms with Gasteiger partial charge in [0, 0.05) is 16.6 Å². The van der Waals surface area contributed by atoms with Crippen molar-refractivity contribution in [1.82, 2.24) is 5.32 Å². The Bertz CT molecular complexity index is 899. The van der Waals surface area contributed by atoms with E-state index in [1.807, 2.05) is 24.3 Å². The van der Waals surface area contributed by atoms with Crippen molar-refractivity contribution >= 4 is 29.3 Å². The normalized spacial score (nSPS) is 14.4. The average molecular weight is 408 g/mol. The van der Waals surface area contributed by atoms with Crippen LogP contribution < -0.4 is 10.6 Å². The monoisotopic (exact) mass is 407 g/mol. The van der Waals surface area contributed by atoms with Gasteiger partial charge in [0.15, 0.2) is 0 Å². The van der Waals surface area contributed by atoms with Crippen molar-refractivity contribution in [3.05, 3.63) is 59.7 Å². The van der Waals surface area contributed by atoms with Crippen LogP contribution in [0.1, 0.15) is 54.4 Å². The quantitative estimate of drug-likeness (QED) is 0.535. The van der Waals surface area contributed by atoms with Crippen LogP contribution in [0.3, 0.4) is 0 Å². The summed E-state index contributed by atoms with van der Waals surface area (Å²) in [5, 5.41) is 14.9. The molecule has 0 bridgehead atoms. The van der Waals surface area contributed by atoms with E-state index in [1.165, 1.54) is 24.6 Å². The van der Waals surface area contributed by atoms with Gasteiger partial charge in [-0.3, -0.25) is 9.59 Å². The topological polar surface area (TPSA) is 82.0 Å². The first-order valence-corrected chi connectivity index (χ1v) is 11.0. The van der Waals surface area contributed by atoms with Crippen molar-refractivity contribution < 1.29 is 9.59 Å². The fraction of sp³-hybridized carbons (Fsp3) is 0.348. The molecule has 2 aromatic rings. The zero-order valence-corrected chi connectivity index (χ0v) is 17.1. The van der Waals surface area contributed by atoms with Gasteiger partial charge in [0.25, 0.3) is 5.91 Å². The van der Waals surface area contributed by atoms with Crippen molar-refractivity contribution in [3.8, 4) is 6.07 Å². The molecule has 2 amide bonds. The summed E-state index contributed by atoms with van der Waals surface area (Å²) in [7, 11) is 0. The number of rotatable bonds is 6. The Hall–Kier alpha value is -2.78. The Balaban J connectivity index is 1.59. The molecule has 1 aliphatic carbocycles. The molecule has 2 aromatic carbocycles. The first-order chi connectivity index (χ1) is 14.2. The van der Waals surface area contributed by atoms with Gasteiger partial charge in [-0.2, -0.15) is 5.26 Å². The number of carbonyl (C=O) groups is 2. The summed E-state index contributed by atoms with van der Waals surface area (Å²) in [5.41, 5.74) is 1.70. The maximum absolute atomic E-state index is 12.8. The molecular formula is C23H25N3O2S. The lowest BCUT2D eigenvalue weighted by Gasteiger charge is -2.17. The summed E-state index contributed by atoms with van der Waals surface area (Å²) in [6, 6.07) is 16.5. The molecule has 1 aliphatic rings. The lowest BCUT2D eigenvalue weighted by Crippen LogP contribution is -2.34. The maximum atomic E-state index is 12.8. The van der Waals surface area contributed by atoms with Crippen LogP contribution in [0, 0.1) is 11.3 Å². The van der Waals surface area contributed by atoms with Gasteiger partial charge in [-0.15, -0.1) is 11.8 Å². The molecule has 150 valence electrons. The molecule has 1 fully saturated rings. The van der Waals surface area contributed by atoms with Gasteiger partial charge in [-0.05, 0) is 43.2 Å². The predicted molar refractivity (Wildman–Crippen MR) is 116 cm³/mol. The average Bonchev–Trinajstić information content (AvgIpc) is 3.01. The first-order valence-electron chi connectivity index (χ1n) is 9.98. The summed E-state index contributed by atoms with van der Waals surface area (Å²) >= 11 is 1.34. The first kappa shape index (κ1) is 20.9. The van der Waals surface area contributed by atoms with Gasteiger partial charge in [0.1, 0.15) is 0 Å². The largest absolute Gasteiger partial charge is 0.349 e. The van der Waals surface area contributed by atoms with Crippen molar-refractivity contribution in [2.75, 3.05) is 11.1 Å². The predicted octanol–water partition coefficient (Wildman–Crippen LogP) is 4.74. The molecule has 0 saturated heterocycles. The summed E-state index contributed by atoms with van der Waals surface area (Å²) in [4.78, 5) is 25.9. The molecule has 2 N–H and O–H groups in total. The van der Waals surface area contributed by atoms with Gasteiger partial charge >= 0.3 is 0 Å². The van der Waals surface area contributed by atoms with E-state index in [-0.39, 0.29) is 23.6 Å². The van der Waals surface area contributed by atoms with Crippen LogP contribution in [0.25, 0.3) is 0 Å². The molecule has 0 unspecified atom stereocenters. The van der Waals surface area contributed by atoms with E-state index in [9.17, 15) is 9.59 Å². The zero-order chi connectivity index (χ0) is 20.5. The summed E-state index contributed by atoms with van der Waals surface area (Å²) in [6.07, 6.45) is 6.87. The number of amides is 2. The number of carbonyl (C=O) groups excluding carboxylic acids is 2. The molecule has 0 spiro atoms. The number of anilines is 1. The number of nitriles is 1. The fourth-order valence-electron chi connectivity index (χ4n) is 3.47. The van der Waals surface area contributed by atoms with Crippen molar-refractivity contribution in [2.24, 2.45) is 0 Å². The third-order valence-electron chi connectivity index (χ3n) is 4.96. The molecule has 0 atom stereocenters. The standard InChI is InChI=1S/C23H25N3O2S/c24-15-17-8-7-11-19(14-17)25-22(27)16-29-21-13-6-5-12-20(21)23(28)26-18-9-3-1-2-4-10-18/h5-8,11-14,18H,1-4,9-10,16H2,(H,25,27)(H,26,28). The SMILES string of the molecule is N#Cc1cccc(NC(=O)CSc2ccccc2C(=O)NC2CCCCCC2)c1. The molecule has 0 aromatic heterocycles. The highest BCUT2D eigenvalue weighted by atomic mass is 32.2. The Morgan fingerprint density at radius 2 is 1.79 bits per heavy atom. The number of nitrogens with zero attached hydrogens (tertiary/aromatic N) is 1. The van der Waals surface area contributed by atoms with E-state index < -0.39 is 0 Å². The van der Waals surface area contributed by atoms with Crippen LogP contribution in [0.5, 0.6) is 0 Å². The Kier molecular flexibility index (Phi) is 7.71. The molecule has 6 heteroatoms. The lowest BCUT2D eigenvalue weighted by atomic mass is 10.1. The second-order valence-electron chi connectivity index (χ2n) is 7.19. The Morgan fingerprint density at radius 1 is 1.03 bits per heavy atom. The van der Waals surface area contributed by atoms with E-state index in [4.69, 9.17) is 5.26 Å². The van der Waals surface area contributed by atoms with E-state index in [0.717, 1.165) is 30.6 Å². The van der Waals surface area contributed by atoms with Gasteiger partial charge in [-0.1, -0.05) is 43.9 Å². The second-order valence-corrected chi connectivity index (χ2v) is 8.20. The third-order valence-corrected chi connectivity index (χ3v) is 6.03. The van der Waals surface area contributed by atoms with Crippen LogP contribution in [0.4, 0.5) is 5.69 Å². The van der Waals surface area contributed by atoms with Crippen LogP contribution in [0.15, 0.2) is 53.4 Å². The smallest absolute Gasteiger partial charge is 0.252 e. The molecule has 0 aliphatic heterocycles. The van der Waals surface area contributed by atoms with Gasteiger partial charge in [-0.25, -0.2) is 0 Å². The summed E-state index contributed by atoms with van der Waals surface area (Å²) in [6.45, 7) is 0. The highest BCUT2D eigenvalue weighted by molar-refractivity contribution is 8.00. The van der Waals surface area contributed by atoms with E-state index >= 15 is 0 Å². The minimum absolute atomic E-state index is 0.0675. The van der Waals surface area contributed by atoms with Crippen LogP contribution in [0.2, 0.25) is 0 Å². The fourth-order valence-corrected chi connectivity index (χ4v) is 4.32. The molecule has 0 heterocycles. The van der Waals surface area contributed by atoms with E-state index in [0.29, 0.717) is 16.8 Å². The number of thioether (sulfide) groups is 1. The number of hydrogen-bond acceptors (Lipinski definition) is 4. The minimum Gasteiger partial charge on any atom is -0.349 e. The van der Waals surface area contributed by atoms with Crippen molar-refractivity contribution in [1.29, 1.82) is 5.26 Å². The van der Waals surface area contributed by atoms with Crippen molar-refractivity contribution in [2.45, 2.75) is 49.5 Å². The van der Waals surface area contributed by atoms with E-state index in [2.05, 4.69) is 16.7 Å². The Labute approximate surface area is 175 Å². The highest BCUT2D eigenvalue weighted by Crippen LogP contribution is 2.24.